The van der Waals surface area contributed by atoms with Crippen molar-refractivity contribution in [3.8, 4) is 0 Å². The molecular weight excluding hydrogens is 851 g/mol. The van der Waals surface area contributed by atoms with E-state index >= 15 is 0 Å². The molecule has 0 aromatic rings. The van der Waals surface area contributed by atoms with Crippen molar-refractivity contribution in [2.24, 2.45) is 29.6 Å². The van der Waals surface area contributed by atoms with Crippen molar-refractivity contribution in [3.63, 3.8) is 0 Å². The van der Waals surface area contributed by atoms with E-state index in [-0.39, 0.29) is 66.9 Å². The quantitative estimate of drug-likeness (QED) is 0.171. The smallest absolute Gasteiger partial charge is 0.308 e. The molecule has 7 N–H and O–H groups in total. The molecule has 0 radical (unpaired) electrons. The Kier molecular flexibility index (Phi) is 16.3. The molecule has 24 atom stereocenters. The summed E-state index contributed by atoms with van der Waals surface area (Å²) >= 11 is 0. The molecule has 3 unspecified atom stereocenters. The number of carboxylic acids is 1. The van der Waals surface area contributed by atoms with Crippen LogP contribution >= 0.6 is 0 Å². The zero-order chi connectivity index (χ0) is 46.9. The van der Waals surface area contributed by atoms with E-state index in [1.807, 2.05) is 34.6 Å². The minimum atomic E-state index is -2.03. The predicted molar refractivity (Wildman–Crippen MR) is 233 cm³/mol. The van der Waals surface area contributed by atoms with E-state index in [0.29, 0.717) is 38.5 Å². The van der Waals surface area contributed by atoms with Gasteiger partial charge in [0.15, 0.2) is 23.7 Å². The molecule has 0 aromatic carbocycles. The number of hydrogen-bond donors (Lipinski definition) is 5. The zero-order valence-electron chi connectivity index (χ0n) is 41.1. The van der Waals surface area contributed by atoms with Crippen molar-refractivity contribution < 1.29 is 82.1 Å². The molecule has 7 fully saturated rings. The van der Waals surface area contributed by atoms with Crippen LogP contribution in [0.3, 0.4) is 0 Å². The maximum atomic E-state index is 11.9. The number of aliphatic hydroxyl groups is 3. The number of methoxy groups -OCH3 is 4. The summed E-state index contributed by atoms with van der Waals surface area (Å²) < 4.78 is 77.6. The molecule has 0 amide bonds. The zero-order valence-corrected chi connectivity index (χ0v) is 41.1. The molecule has 7 aliphatic rings. The summed E-state index contributed by atoms with van der Waals surface area (Å²) in [5.74, 6) is -7.18. The van der Waals surface area contributed by atoms with Gasteiger partial charge >= 0.3 is 5.97 Å². The Balaban J connectivity index is 0.00000700. The van der Waals surface area contributed by atoms with Gasteiger partial charge in [0, 0.05) is 77.8 Å². The fourth-order valence-electron chi connectivity index (χ4n) is 12.7. The molecule has 65 heavy (non-hydrogen) atoms. The summed E-state index contributed by atoms with van der Waals surface area (Å²) in [6.07, 6.45) is -3.18. The Labute approximate surface area is 385 Å². The SMILES string of the molecule is CO[C@@H]1[C@@H](OC)[C@H](C)[C@@](O)(CC(=O)O)O[C@H]1[C@H](C)[C@H]1O[C@@]2(CC[C@@](C)(C3CC[C@@](C)(C4O[C@@H](C5O[C@](C)(O)[C@H](C)C[C@@H]5C)C[C@@H]4O[C@@H]4C[C@H](OC)[C@@H](OC)[C@H](C)O4)O3)O2)C[C@H](O)[C@H]1C.N. The molecule has 18 heteroatoms. The van der Waals surface area contributed by atoms with Crippen LogP contribution in [0.25, 0.3) is 0 Å². The van der Waals surface area contributed by atoms with Crippen LogP contribution in [-0.2, 0) is 61.6 Å². The van der Waals surface area contributed by atoms with Crippen molar-refractivity contribution in [2.75, 3.05) is 28.4 Å². The maximum Gasteiger partial charge on any atom is 0.308 e. The highest BCUT2D eigenvalue weighted by Crippen LogP contribution is 2.55. The van der Waals surface area contributed by atoms with Crippen LogP contribution in [0.4, 0.5) is 0 Å². The Morgan fingerprint density at radius 1 is 0.769 bits per heavy atom. The van der Waals surface area contributed by atoms with Crippen molar-refractivity contribution >= 4 is 5.97 Å². The molecule has 0 aromatic heterocycles. The van der Waals surface area contributed by atoms with Crippen LogP contribution in [-0.4, -0.2) is 169 Å². The van der Waals surface area contributed by atoms with Gasteiger partial charge in [-0.3, -0.25) is 4.79 Å². The summed E-state index contributed by atoms with van der Waals surface area (Å²) in [5, 5.41) is 44.3. The fraction of sp³-hybridized carbons (Fsp3) is 0.979. The highest BCUT2D eigenvalue weighted by Gasteiger charge is 2.64. The number of aliphatic carboxylic acids is 1. The highest BCUT2D eigenvalue weighted by molar-refractivity contribution is 5.68. The van der Waals surface area contributed by atoms with E-state index in [2.05, 4.69) is 13.8 Å². The molecule has 7 heterocycles. The van der Waals surface area contributed by atoms with Crippen molar-refractivity contribution in [1.29, 1.82) is 0 Å². The van der Waals surface area contributed by atoms with Gasteiger partial charge in [-0.2, -0.15) is 0 Å². The minimum Gasteiger partial charge on any atom is -0.481 e. The van der Waals surface area contributed by atoms with Crippen molar-refractivity contribution in [2.45, 2.75) is 234 Å². The van der Waals surface area contributed by atoms with Gasteiger partial charge < -0.3 is 83.4 Å². The number of carboxylic acid groups (broad SMARTS) is 1. The van der Waals surface area contributed by atoms with Crippen LogP contribution in [0, 0.1) is 29.6 Å². The summed E-state index contributed by atoms with van der Waals surface area (Å²) in [6.45, 7) is 17.5. The summed E-state index contributed by atoms with van der Waals surface area (Å²) in [4.78, 5) is 11.9. The standard InChI is InChI=1S/C47H80O17.H3N/c1-23-18-24(2)45(9,51)61-36(23)31-19-32(58-35-20-30(53-10)40(55-12)28(6)57-35)42(59-31)44(8)15-14-33(60-44)43(7)16-17-46(64-43)21-29(48)25(3)37(62-46)26(4)38-41(56-13)39(54-11)27(5)47(52,63-38)22-34(49)50;/h23-33,35-42,48,51-52H,14-22H2,1-13H3,(H,49,50);1H3/t23-,24+,25+,26+,27-,28-,29-,30-,31+,32-,33?,35+,36?,37-,38-,39-,40-,41-,42?,43-,44-,45-,46+,47+;/m0./s1. The highest BCUT2D eigenvalue weighted by atomic mass is 16.7. The lowest BCUT2D eigenvalue weighted by molar-refractivity contribution is -0.365. The van der Waals surface area contributed by atoms with E-state index in [9.17, 15) is 25.2 Å². The largest absolute Gasteiger partial charge is 0.481 e. The van der Waals surface area contributed by atoms with Crippen LogP contribution in [0.15, 0.2) is 0 Å². The third-order valence-electron chi connectivity index (χ3n) is 16.8. The predicted octanol–water partition coefficient (Wildman–Crippen LogP) is 4.48. The lowest BCUT2D eigenvalue weighted by Gasteiger charge is -2.53. The van der Waals surface area contributed by atoms with Crippen molar-refractivity contribution in [1.82, 2.24) is 6.15 Å². The molecule has 0 bridgehead atoms. The van der Waals surface area contributed by atoms with Gasteiger partial charge in [0.25, 0.3) is 0 Å². The number of ether oxygens (including phenoxy) is 12. The van der Waals surface area contributed by atoms with E-state index in [1.54, 1.807) is 28.1 Å². The second kappa shape index (κ2) is 19.9. The van der Waals surface area contributed by atoms with E-state index < -0.39 is 102 Å². The number of hydrogen-bond acceptors (Lipinski definition) is 17. The van der Waals surface area contributed by atoms with Crippen LogP contribution in [0.1, 0.15) is 120 Å². The normalized spacial score (nSPS) is 53.2. The fourth-order valence-corrected chi connectivity index (χ4v) is 12.7. The number of carbonyl (C=O) groups is 1. The topological polar surface area (TPSA) is 244 Å². The number of rotatable bonds is 13. The monoisotopic (exact) mass is 934 g/mol. The summed E-state index contributed by atoms with van der Waals surface area (Å²) in [5.41, 5.74) is -1.60. The molecule has 7 rings (SSSR count). The first-order chi connectivity index (χ1) is 30.0. The number of aliphatic hydroxyl groups excluding tert-OH is 1. The molecular formula is C47H83NO17. The first-order valence-corrected chi connectivity index (χ1v) is 23.8. The van der Waals surface area contributed by atoms with Crippen LogP contribution in [0.5, 0.6) is 0 Å². The van der Waals surface area contributed by atoms with Gasteiger partial charge in [-0.1, -0.05) is 34.6 Å². The van der Waals surface area contributed by atoms with E-state index in [1.165, 1.54) is 14.2 Å². The minimum absolute atomic E-state index is 0. The van der Waals surface area contributed by atoms with E-state index in [0.717, 1.165) is 6.42 Å². The summed E-state index contributed by atoms with van der Waals surface area (Å²) in [6, 6.07) is 0. The third kappa shape index (κ3) is 10.1. The second-order valence-electron chi connectivity index (χ2n) is 21.3. The molecule has 1 spiro atoms. The molecule has 7 saturated heterocycles. The van der Waals surface area contributed by atoms with Crippen LogP contribution in [0.2, 0.25) is 0 Å². The van der Waals surface area contributed by atoms with Gasteiger partial charge in [-0.15, -0.1) is 0 Å². The average Bonchev–Trinajstić information content (AvgIpc) is 3.94. The third-order valence-corrected chi connectivity index (χ3v) is 16.8. The molecule has 7 aliphatic heterocycles. The molecule has 0 aliphatic carbocycles. The Morgan fingerprint density at radius 2 is 1.45 bits per heavy atom. The van der Waals surface area contributed by atoms with Crippen LogP contribution < -0.4 is 6.15 Å². The van der Waals surface area contributed by atoms with E-state index in [4.69, 9.17) is 56.8 Å². The average molecular weight is 934 g/mol. The first kappa shape index (κ1) is 53.2. The second-order valence-corrected chi connectivity index (χ2v) is 21.3. The lowest BCUT2D eigenvalue weighted by atomic mass is 9.75. The lowest BCUT2D eigenvalue weighted by Crippen LogP contribution is -2.65. The molecule has 378 valence electrons. The molecule has 18 nitrogen and oxygen atoms in total. The Bertz CT molecular complexity index is 1610. The summed E-state index contributed by atoms with van der Waals surface area (Å²) in [7, 11) is 6.37. The first-order valence-electron chi connectivity index (χ1n) is 23.8. The Hall–Kier alpha value is -1.17. The Morgan fingerprint density at radius 3 is 2.08 bits per heavy atom. The van der Waals surface area contributed by atoms with Gasteiger partial charge in [-0.25, -0.2) is 0 Å². The van der Waals surface area contributed by atoms with Gasteiger partial charge in [-0.05, 0) is 59.3 Å². The van der Waals surface area contributed by atoms with Gasteiger partial charge in [0.1, 0.15) is 18.3 Å². The molecule has 0 saturated carbocycles. The maximum absolute atomic E-state index is 11.9. The van der Waals surface area contributed by atoms with Gasteiger partial charge in [0.2, 0.25) is 0 Å². The van der Waals surface area contributed by atoms with Gasteiger partial charge in [0.05, 0.1) is 78.7 Å². The van der Waals surface area contributed by atoms with Crippen molar-refractivity contribution in [3.05, 3.63) is 0 Å².